The fraction of sp³-hybridized carbons (Fsp3) is 0.200. The van der Waals surface area contributed by atoms with Gasteiger partial charge in [0.2, 0.25) is 0 Å². The first-order chi connectivity index (χ1) is 7.31. The van der Waals surface area contributed by atoms with Gasteiger partial charge in [0.1, 0.15) is 10.8 Å². The Bertz CT molecular complexity index is 455. The lowest BCUT2D eigenvalue weighted by molar-refractivity contribution is 0.182. The molecule has 0 fully saturated rings. The summed E-state index contributed by atoms with van der Waals surface area (Å²) in [6, 6.07) is 3.76. The van der Waals surface area contributed by atoms with Crippen LogP contribution in [0.4, 0.5) is 5.82 Å². The number of ether oxygens (including phenoxy) is 1. The van der Waals surface area contributed by atoms with Crippen LogP contribution in [0.25, 0.3) is 10.6 Å². The van der Waals surface area contributed by atoms with Crippen LogP contribution in [0.1, 0.15) is 5.69 Å². The molecule has 2 rings (SSSR count). The lowest BCUT2D eigenvalue weighted by Crippen LogP contribution is -1.93. The molecule has 0 amide bonds. The van der Waals surface area contributed by atoms with E-state index in [1.165, 1.54) is 0 Å². The minimum absolute atomic E-state index is 0.510. The van der Waals surface area contributed by atoms with Crippen LogP contribution in [0.5, 0.6) is 0 Å². The average Bonchev–Trinajstić information content (AvgIpc) is 2.68. The standard InChI is InChI=1S/C10H11N3OS/c1-14-5-7-6-15-10(13-7)8-3-2-4-12-9(8)11/h2-4,6H,5H2,1H3,(H2,11,12). The molecule has 78 valence electrons. The van der Waals surface area contributed by atoms with Crippen LogP contribution in [0.15, 0.2) is 23.7 Å². The molecule has 0 bridgehead atoms. The number of hydrogen-bond acceptors (Lipinski definition) is 5. The molecule has 0 saturated carbocycles. The molecule has 2 N–H and O–H groups in total. The lowest BCUT2D eigenvalue weighted by Gasteiger charge is -1.99. The number of thiazole rings is 1. The number of hydrogen-bond donors (Lipinski definition) is 1. The summed E-state index contributed by atoms with van der Waals surface area (Å²) >= 11 is 1.55. The Hall–Kier alpha value is -1.46. The van der Waals surface area contributed by atoms with Crippen molar-refractivity contribution in [1.29, 1.82) is 0 Å². The summed E-state index contributed by atoms with van der Waals surface area (Å²) in [5.41, 5.74) is 7.56. The molecule has 0 atom stereocenters. The van der Waals surface area contributed by atoms with Gasteiger partial charge in [-0.05, 0) is 12.1 Å². The second kappa shape index (κ2) is 4.37. The molecule has 0 saturated heterocycles. The minimum atomic E-state index is 0.510. The Morgan fingerprint density at radius 2 is 2.40 bits per heavy atom. The van der Waals surface area contributed by atoms with Crippen molar-refractivity contribution in [1.82, 2.24) is 9.97 Å². The Morgan fingerprint density at radius 3 is 3.13 bits per heavy atom. The van der Waals surface area contributed by atoms with Crippen molar-refractivity contribution in [3.8, 4) is 10.6 Å². The topological polar surface area (TPSA) is 61.0 Å². The second-order valence-electron chi connectivity index (χ2n) is 3.01. The maximum atomic E-state index is 5.76. The summed E-state index contributed by atoms with van der Waals surface area (Å²) in [5.74, 6) is 0.510. The molecular formula is C10H11N3OS. The molecule has 4 nitrogen and oxygen atoms in total. The summed E-state index contributed by atoms with van der Waals surface area (Å²) < 4.78 is 5.00. The van der Waals surface area contributed by atoms with Gasteiger partial charge in [-0.25, -0.2) is 9.97 Å². The molecule has 0 aliphatic rings. The normalized spacial score (nSPS) is 10.5. The molecule has 15 heavy (non-hydrogen) atoms. The van der Waals surface area contributed by atoms with E-state index in [2.05, 4.69) is 9.97 Å². The zero-order chi connectivity index (χ0) is 10.7. The average molecular weight is 221 g/mol. The van der Waals surface area contributed by atoms with Gasteiger partial charge in [0.05, 0.1) is 17.9 Å². The highest BCUT2D eigenvalue weighted by molar-refractivity contribution is 7.13. The van der Waals surface area contributed by atoms with Crippen LogP contribution in [0.3, 0.4) is 0 Å². The van der Waals surface area contributed by atoms with Crippen LogP contribution in [-0.2, 0) is 11.3 Å². The van der Waals surface area contributed by atoms with Gasteiger partial charge in [-0.2, -0.15) is 0 Å². The lowest BCUT2D eigenvalue weighted by atomic mass is 10.3. The van der Waals surface area contributed by atoms with Crippen molar-refractivity contribution in [3.05, 3.63) is 29.4 Å². The van der Waals surface area contributed by atoms with Crippen LogP contribution < -0.4 is 5.73 Å². The van der Waals surface area contributed by atoms with Crippen molar-refractivity contribution < 1.29 is 4.74 Å². The zero-order valence-corrected chi connectivity index (χ0v) is 9.12. The highest BCUT2D eigenvalue weighted by atomic mass is 32.1. The summed E-state index contributed by atoms with van der Waals surface area (Å²) in [6.45, 7) is 0.524. The highest BCUT2D eigenvalue weighted by Gasteiger charge is 2.07. The van der Waals surface area contributed by atoms with E-state index in [0.717, 1.165) is 16.3 Å². The van der Waals surface area contributed by atoms with Gasteiger partial charge in [-0.15, -0.1) is 11.3 Å². The zero-order valence-electron chi connectivity index (χ0n) is 8.30. The fourth-order valence-electron chi connectivity index (χ4n) is 1.24. The molecule has 2 aromatic heterocycles. The maximum Gasteiger partial charge on any atom is 0.133 e. The first kappa shape index (κ1) is 10.1. The second-order valence-corrected chi connectivity index (χ2v) is 3.87. The summed E-state index contributed by atoms with van der Waals surface area (Å²) in [4.78, 5) is 8.43. The van der Waals surface area contributed by atoms with Gasteiger partial charge in [0.25, 0.3) is 0 Å². The summed E-state index contributed by atoms with van der Waals surface area (Å²) in [6.07, 6.45) is 1.67. The van der Waals surface area contributed by atoms with E-state index in [1.807, 2.05) is 17.5 Å². The van der Waals surface area contributed by atoms with Crippen LogP contribution in [0, 0.1) is 0 Å². The molecule has 0 aliphatic heterocycles. The molecule has 0 spiro atoms. The number of nitrogens with zero attached hydrogens (tertiary/aromatic N) is 2. The summed E-state index contributed by atoms with van der Waals surface area (Å²) in [7, 11) is 1.65. The van der Waals surface area contributed by atoms with E-state index < -0.39 is 0 Å². The largest absolute Gasteiger partial charge is 0.383 e. The van der Waals surface area contributed by atoms with E-state index in [9.17, 15) is 0 Å². The number of pyridine rings is 1. The molecule has 2 aromatic rings. The Morgan fingerprint density at radius 1 is 1.53 bits per heavy atom. The Balaban J connectivity index is 2.33. The van der Waals surface area contributed by atoms with E-state index >= 15 is 0 Å². The number of methoxy groups -OCH3 is 1. The number of rotatable bonds is 3. The van der Waals surface area contributed by atoms with Crippen molar-refractivity contribution in [2.75, 3.05) is 12.8 Å². The quantitative estimate of drug-likeness (QED) is 0.860. The molecular weight excluding hydrogens is 210 g/mol. The van der Waals surface area contributed by atoms with E-state index in [4.69, 9.17) is 10.5 Å². The minimum Gasteiger partial charge on any atom is -0.383 e. The van der Waals surface area contributed by atoms with Gasteiger partial charge in [-0.1, -0.05) is 0 Å². The number of nitrogen functional groups attached to an aromatic ring is 1. The highest BCUT2D eigenvalue weighted by Crippen LogP contribution is 2.27. The third-order valence-corrected chi connectivity index (χ3v) is 2.84. The molecule has 0 aromatic carbocycles. The van der Waals surface area contributed by atoms with E-state index in [1.54, 1.807) is 24.6 Å². The first-order valence-corrected chi connectivity index (χ1v) is 5.33. The van der Waals surface area contributed by atoms with Crippen molar-refractivity contribution in [2.24, 2.45) is 0 Å². The number of anilines is 1. The van der Waals surface area contributed by atoms with Crippen molar-refractivity contribution >= 4 is 17.2 Å². The molecule has 2 heterocycles. The van der Waals surface area contributed by atoms with Crippen LogP contribution >= 0.6 is 11.3 Å². The van der Waals surface area contributed by atoms with Crippen LogP contribution in [-0.4, -0.2) is 17.1 Å². The Kier molecular flexibility index (Phi) is 2.94. The smallest absolute Gasteiger partial charge is 0.133 e. The molecule has 0 unspecified atom stereocenters. The van der Waals surface area contributed by atoms with E-state index in [0.29, 0.717) is 12.4 Å². The van der Waals surface area contributed by atoms with Gasteiger partial charge in [-0.3, -0.25) is 0 Å². The van der Waals surface area contributed by atoms with Crippen molar-refractivity contribution in [3.63, 3.8) is 0 Å². The predicted molar refractivity (Wildman–Crippen MR) is 60.5 cm³/mol. The van der Waals surface area contributed by atoms with E-state index in [-0.39, 0.29) is 0 Å². The van der Waals surface area contributed by atoms with Gasteiger partial charge in [0.15, 0.2) is 0 Å². The fourth-order valence-corrected chi connectivity index (χ4v) is 2.08. The third kappa shape index (κ3) is 2.14. The first-order valence-electron chi connectivity index (χ1n) is 4.45. The van der Waals surface area contributed by atoms with Gasteiger partial charge < -0.3 is 10.5 Å². The Labute approximate surface area is 91.8 Å². The molecule has 0 aliphatic carbocycles. The molecule has 0 radical (unpaired) electrons. The van der Waals surface area contributed by atoms with Crippen molar-refractivity contribution in [2.45, 2.75) is 6.61 Å². The third-order valence-electron chi connectivity index (χ3n) is 1.91. The summed E-state index contributed by atoms with van der Waals surface area (Å²) in [5, 5.41) is 2.85. The molecule has 5 heteroatoms. The number of nitrogens with two attached hydrogens (primary N) is 1. The van der Waals surface area contributed by atoms with Gasteiger partial charge >= 0.3 is 0 Å². The van der Waals surface area contributed by atoms with Gasteiger partial charge in [0, 0.05) is 18.7 Å². The SMILES string of the molecule is COCc1csc(-c2cccnc2N)n1. The predicted octanol–water partition coefficient (Wildman–Crippen LogP) is 1.93. The van der Waals surface area contributed by atoms with Crippen LogP contribution in [0.2, 0.25) is 0 Å². The monoisotopic (exact) mass is 221 g/mol. The number of aromatic nitrogens is 2. The maximum absolute atomic E-state index is 5.76.